The fraction of sp³-hybridized carbons (Fsp3) is 0.812. The second-order valence-electron chi connectivity index (χ2n) is 6.71. The van der Waals surface area contributed by atoms with E-state index in [4.69, 9.17) is 14.2 Å². The van der Waals surface area contributed by atoms with Crippen LogP contribution in [0.4, 0.5) is 0 Å². The zero-order chi connectivity index (χ0) is 13.9. The van der Waals surface area contributed by atoms with Crippen LogP contribution in [0.5, 0.6) is 0 Å². The number of ether oxygens (including phenoxy) is 3. The molecular weight excluding hydrogens is 256 g/mol. The predicted molar refractivity (Wildman–Crippen MR) is 72.1 cm³/mol. The minimum absolute atomic E-state index is 0.0215. The van der Waals surface area contributed by atoms with Crippen LogP contribution in [0.15, 0.2) is 11.1 Å². The van der Waals surface area contributed by atoms with Crippen molar-refractivity contribution < 1.29 is 19.0 Å². The molecule has 110 valence electrons. The van der Waals surface area contributed by atoms with Crippen LogP contribution in [0.2, 0.25) is 0 Å². The maximum Gasteiger partial charge on any atom is 0.309 e. The first kappa shape index (κ1) is 12.8. The molecule has 4 aliphatic rings. The quantitative estimate of drug-likeness (QED) is 0.451. The molecule has 0 amide bonds. The lowest BCUT2D eigenvalue weighted by Gasteiger charge is -2.24. The highest BCUT2D eigenvalue weighted by atomic mass is 16.6. The van der Waals surface area contributed by atoms with Gasteiger partial charge in [0, 0.05) is 0 Å². The minimum atomic E-state index is -0.0365. The fourth-order valence-electron chi connectivity index (χ4n) is 3.93. The third-order valence-corrected chi connectivity index (χ3v) is 5.53. The van der Waals surface area contributed by atoms with Crippen molar-refractivity contribution in [1.29, 1.82) is 0 Å². The van der Waals surface area contributed by atoms with E-state index in [2.05, 4.69) is 13.8 Å². The lowest BCUT2D eigenvalue weighted by Crippen LogP contribution is -2.32. The average Bonchev–Trinajstić information content (AvgIpc) is 3.31. The first-order valence-corrected chi connectivity index (χ1v) is 7.81. The van der Waals surface area contributed by atoms with Crippen molar-refractivity contribution >= 4 is 5.97 Å². The molecule has 3 fully saturated rings. The first-order valence-electron chi connectivity index (χ1n) is 7.81. The van der Waals surface area contributed by atoms with Crippen molar-refractivity contribution in [1.82, 2.24) is 0 Å². The summed E-state index contributed by atoms with van der Waals surface area (Å²) in [7, 11) is 0. The van der Waals surface area contributed by atoms with Crippen LogP contribution >= 0.6 is 0 Å². The third-order valence-electron chi connectivity index (χ3n) is 5.53. The molecule has 0 aromatic heterocycles. The van der Waals surface area contributed by atoms with Gasteiger partial charge in [-0.2, -0.15) is 0 Å². The van der Waals surface area contributed by atoms with Crippen LogP contribution in [0, 0.1) is 11.8 Å². The van der Waals surface area contributed by atoms with E-state index >= 15 is 0 Å². The first-order chi connectivity index (χ1) is 9.65. The molecule has 4 rings (SSSR count). The molecule has 6 unspecified atom stereocenters. The van der Waals surface area contributed by atoms with Crippen LogP contribution in [0.1, 0.15) is 39.5 Å². The second kappa shape index (κ2) is 4.57. The number of hydrogen-bond acceptors (Lipinski definition) is 4. The Balaban J connectivity index is 1.35. The van der Waals surface area contributed by atoms with Gasteiger partial charge < -0.3 is 14.2 Å². The van der Waals surface area contributed by atoms with Crippen molar-refractivity contribution in [3.8, 4) is 0 Å². The highest BCUT2D eigenvalue weighted by Gasteiger charge is 2.51. The van der Waals surface area contributed by atoms with E-state index in [0.29, 0.717) is 36.9 Å². The zero-order valence-electron chi connectivity index (χ0n) is 12.1. The number of carbonyl (C=O) groups is 1. The van der Waals surface area contributed by atoms with Gasteiger partial charge in [0.2, 0.25) is 0 Å². The zero-order valence-corrected chi connectivity index (χ0v) is 12.1. The SMILES string of the molecule is CC1=C(COC(=O)C2CCC3OC3C2C)CCC2OC12. The van der Waals surface area contributed by atoms with Gasteiger partial charge in [0.1, 0.15) is 12.7 Å². The molecule has 6 atom stereocenters. The van der Waals surface area contributed by atoms with Crippen molar-refractivity contribution in [3.05, 3.63) is 11.1 Å². The largest absolute Gasteiger partial charge is 0.461 e. The topological polar surface area (TPSA) is 51.4 Å². The molecule has 4 heteroatoms. The molecule has 0 bridgehead atoms. The molecular formula is C16H22O4. The summed E-state index contributed by atoms with van der Waals surface area (Å²) in [5, 5.41) is 0. The molecule has 2 aliphatic carbocycles. The van der Waals surface area contributed by atoms with E-state index in [1.165, 1.54) is 11.1 Å². The Kier molecular flexibility index (Phi) is 2.93. The van der Waals surface area contributed by atoms with E-state index in [9.17, 15) is 4.79 Å². The van der Waals surface area contributed by atoms with E-state index in [1.807, 2.05) is 0 Å². The van der Waals surface area contributed by atoms with Crippen LogP contribution in [-0.2, 0) is 19.0 Å². The van der Waals surface area contributed by atoms with Gasteiger partial charge in [0.05, 0.1) is 24.2 Å². The molecule has 4 nitrogen and oxygen atoms in total. The lowest BCUT2D eigenvalue weighted by molar-refractivity contribution is -0.150. The Morgan fingerprint density at radius 2 is 2.10 bits per heavy atom. The molecule has 2 aliphatic heterocycles. The number of epoxide rings is 2. The normalized spacial score (nSPS) is 45.5. The van der Waals surface area contributed by atoms with Gasteiger partial charge in [-0.1, -0.05) is 6.92 Å². The Morgan fingerprint density at radius 1 is 1.25 bits per heavy atom. The number of rotatable bonds is 3. The van der Waals surface area contributed by atoms with Crippen LogP contribution in [-0.4, -0.2) is 37.0 Å². The Bertz CT molecular complexity index is 469. The number of carbonyl (C=O) groups excluding carboxylic acids is 1. The maximum atomic E-state index is 12.3. The highest BCUT2D eigenvalue weighted by Crippen LogP contribution is 2.44. The summed E-state index contributed by atoms with van der Waals surface area (Å²) in [6.45, 7) is 4.68. The summed E-state index contributed by atoms with van der Waals surface area (Å²) < 4.78 is 16.7. The number of esters is 1. The monoisotopic (exact) mass is 278 g/mol. The van der Waals surface area contributed by atoms with Gasteiger partial charge >= 0.3 is 5.97 Å². The van der Waals surface area contributed by atoms with E-state index in [0.717, 1.165) is 25.7 Å². The third kappa shape index (κ3) is 2.09. The summed E-state index contributed by atoms with van der Waals surface area (Å²) in [4.78, 5) is 12.3. The van der Waals surface area contributed by atoms with Gasteiger partial charge in [0.15, 0.2) is 0 Å². The van der Waals surface area contributed by atoms with Crippen molar-refractivity contribution in [2.45, 2.75) is 63.9 Å². The summed E-state index contributed by atoms with van der Waals surface area (Å²) in [5.74, 6) is 0.289. The fourth-order valence-corrected chi connectivity index (χ4v) is 3.93. The summed E-state index contributed by atoms with van der Waals surface area (Å²) in [6.07, 6.45) is 5.48. The average molecular weight is 278 g/mol. The van der Waals surface area contributed by atoms with Crippen LogP contribution < -0.4 is 0 Å². The van der Waals surface area contributed by atoms with Gasteiger partial charge in [-0.05, 0) is 49.7 Å². The van der Waals surface area contributed by atoms with Crippen LogP contribution in [0.25, 0.3) is 0 Å². The summed E-state index contributed by atoms with van der Waals surface area (Å²) in [6, 6.07) is 0. The smallest absolute Gasteiger partial charge is 0.309 e. The Hall–Kier alpha value is -0.870. The second-order valence-corrected chi connectivity index (χ2v) is 6.71. The van der Waals surface area contributed by atoms with Crippen molar-refractivity contribution in [3.63, 3.8) is 0 Å². The minimum Gasteiger partial charge on any atom is -0.461 e. The van der Waals surface area contributed by atoms with E-state index in [1.54, 1.807) is 0 Å². The molecule has 0 radical (unpaired) electrons. The standard InChI is InChI=1S/C16H22O4/c1-8-10(3-5-12-14(8)19-12)7-18-16(17)11-4-6-13-15(20-13)9(11)2/h9,11-15H,3-7H2,1-2H3. The van der Waals surface area contributed by atoms with Gasteiger partial charge in [-0.3, -0.25) is 4.79 Å². The van der Waals surface area contributed by atoms with Crippen LogP contribution in [0.3, 0.4) is 0 Å². The molecule has 0 aromatic carbocycles. The van der Waals surface area contributed by atoms with Crippen molar-refractivity contribution in [2.24, 2.45) is 11.8 Å². The summed E-state index contributed by atoms with van der Waals surface area (Å²) in [5.41, 5.74) is 2.55. The van der Waals surface area contributed by atoms with E-state index in [-0.39, 0.29) is 11.9 Å². The maximum absolute atomic E-state index is 12.3. The van der Waals surface area contributed by atoms with Gasteiger partial charge in [0.25, 0.3) is 0 Å². The molecule has 0 aromatic rings. The molecule has 20 heavy (non-hydrogen) atoms. The van der Waals surface area contributed by atoms with E-state index < -0.39 is 0 Å². The van der Waals surface area contributed by atoms with Gasteiger partial charge in [-0.25, -0.2) is 0 Å². The molecule has 2 heterocycles. The highest BCUT2D eigenvalue weighted by molar-refractivity contribution is 5.73. The lowest BCUT2D eigenvalue weighted by atomic mass is 9.80. The Labute approximate surface area is 119 Å². The predicted octanol–water partition coefficient (Wildman–Crippen LogP) is 2.22. The summed E-state index contributed by atoms with van der Waals surface area (Å²) >= 11 is 0. The molecule has 2 saturated heterocycles. The Morgan fingerprint density at radius 3 is 2.95 bits per heavy atom. The van der Waals surface area contributed by atoms with Crippen molar-refractivity contribution in [2.75, 3.05) is 6.61 Å². The number of fused-ring (bicyclic) bond motifs is 2. The van der Waals surface area contributed by atoms with Gasteiger partial charge in [-0.15, -0.1) is 0 Å². The molecule has 1 saturated carbocycles. The number of hydrogen-bond donors (Lipinski definition) is 0. The molecule has 0 spiro atoms. The molecule has 0 N–H and O–H groups in total.